The summed E-state index contributed by atoms with van der Waals surface area (Å²) in [4.78, 5) is 0. The SMILES string of the molecule is Nc1ccc2c(C(F)F)csc2c1N. The molecule has 0 saturated heterocycles. The van der Waals surface area contributed by atoms with Crippen LogP contribution in [-0.4, -0.2) is 0 Å². The summed E-state index contributed by atoms with van der Waals surface area (Å²) in [5.74, 6) is 0. The molecule has 0 fully saturated rings. The molecule has 0 atom stereocenters. The lowest BCUT2D eigenvalue weighted by molar-refractivity contribution is 0.153. The Bertz CT molecular complexity index is 479. The number of rotatable bonds is 1. The van der Waals surface area contributed by atoms with Gasteiger partial charge < -0.3 is 11.5 Å². The molecule has 2 aromatic rings. The van der Waals surface area contributed by atoms with Gasteiger partial charge in [0.05, 0.1) is 16.1 Å². The van der Waals surface area contributed by atoms with Crippen molar-refractivity contribution in [2.24, 2.45) is 0 Å². The second kappa shape index (κ2) is 3.09. The molecule has 14 heavy (non-hydrogen) atoms. The van der Waals surface area contributed by atoms with Gasteiger partial charge in [-0.1, -0.05) is 6.07 Å². The molecule has 5 heteroatoms. The topological polar surface area (TPSA) is 52.0 Å². The van der Waals surface area contributed by atoms with Crippen LogP contribution in [0, 0.1) is 0 Å². The highest BCUT2D eigenvalue weighted by Crippen LogP contribution is 2.38. The molecule has 0 aliphatic heterocycles. The Morgan fingerprint density at radius 1 is 1.21 bits per heavy atom. The van der Waals surface area contributed by atoms with Crippen LogP contribution in [0.25, 0.3) is 10.1 Å². The first-order chi connectivity index (χ1) is 6.61. The fourth-order valence-corrected chi connectivity index (χ4v) is 2.36. The van der Waals surface area contributed by atoms with Gasteiger partial charge >= 0.3 is 0 Å². The van der Waals surface area contributed by atoms with Crippen LogP contribution in [0.2, 0.25) is 0 Å². The van der Waals surface area contributed by atoms with Crippen LogP contribution in [0.5, 0.6) is 0 Å². The fraction of sp³-hybridized carbons (Fsp3) is 0.111. The summed E-state index contributed by atoms with van der Waals surface area (Å²) in [6.07, 6.45) is -2.47. The smallest absolute Gasteiger partial charge is 0.265 e. The van der Waals surface area contributed by atoms with Gasteiger partial charge in [0.15, 0.2) is 0 Å². The maximum atomic E-state index is 12.5. The van der Waals surface area contributed by atoms with Gasteiger partial charge in [0.1, 0.15) is 0 Å². The first-order valence-corrected chi connectivity index (χ1v) is 4.82. The number of anilines is 2. The van der Waals surface area contributed by atoms with Gasteiger partial charge in [-0.15, -0.1) is 11.3 Å². The molecule has 1 heterocycles. The highest BCUT2D eigenvalue weighted by molar-refractivity contribution is 7.18. The number of halogens is 2. The fourth-order valence-electron chi connectivity index (χ4n) is 1.32. The molecule has 0 amide bonds. The van der Waals surface area contributed by atoms with Gasteiger partial charge in [-0.05, 0) is 6.07 Å². The molecule has 2 nitrogen and oxygen atoms in total. The predicted molar refractivity (Wildman–Crippen MR) is 55.6 cm³/mol. The van der Waals surface area contributed by atoms with Crippen molar-refractivity contribution in [3.05, 3.63) is 23.1 Å². The van der Waals surface area contributed by atoms with Crippen LogP contribution in [0.4, 0.5) is 20.2 Å². The predicted octanol–water partition coefficient (Wildman–Crippen LogP) is 3.00. The Morgan fingerprint density at radius 2 is 1.93 bits per heavy atom. The van der Waals surface area contributed by atoms with E-state index in [1.165, 1.54) is 16.7 Å². The highest BCUT2D eigenvalue weighted by Gasteiger charge is 2.15. The molecule has 4 N–H and O–H groups in total. The van der Waals surface area contributed by atoms with Gasteiger partial charge in [0.25, 0.3) is 6.43 Å². The maximum absolute atomic E-state index is 12.5. The molecule has 0 radical (unpaired) electrons. The standard InChI is InChI=1S/C9H8F2N2S/c10-9(11)5-3-14-8-4(5)1-2-6(12)7(8)13/h1-3,9H,12-13H2. The second-order valence-corrected chi connectivity index (χ2v) is 3.82. The van der Waals surface area contributed by atoms with E-state index in [1.54, 1.807) is 12.1 Å². The van der Waals surface area contributed by atoms with Crippen LogP contribution < -0.4 is 11.5 Å². The van der Waals surface area contributed by atoms with E-state index < -0.39 is 6.43 Å². The monoisotopic (exact) mass is 214 g/mol. The van der Waals surface area contributed by atoms with E-state index in [0.29, 0.717) is 21.5 Å². The minimum Gasteiger partial charge on any atom is -0.397 e. The van der Waals surface area contributed by atoms with E-state index in [9.17, 15) is 8.78 Å². The molecule has 0 saturated carbocycles. The van der Waals surface area contributed by atoms with E-state index >= 15 is 0 Å². The molecule has 2 rings (SSSR count). The molecular weight excluding hydrogens is 206 g/mol. The lowest BCUT2D eigenvalue weighted by Gasteiger charge is -2.01. The van der Waals surface area contributed by atoms with Gasteiger partial charge in [-0.3, -0.25) is 0 Å². The van der Waals surface area contributed by atoms with Gasteiger partial charge in [-0.2, -0.15) is 0 Å². The van der Waals surface area contributed by atoms with Gasteiger partial charge in [0, 0.05) is 16.3 Å². The number of fused-ring (bicyclic) bond motifs is 1. The Balaban J connectivity index is 2.77. The van der Waals surface area contributed by atoms with Crippen LogP contribution in [0.3, 0.4) is 0 Å². The maximum Gasteiger partial charge on any atom is 0.265 e. The number of benzene rings is 1. The summed E-state index contributed by atoms with van der Waals surface area (Å²) >= 11 is 1.20. The molecule has 0 bridgehead atoms. The molecular formula is C9H8F2N2S. The van der Waals surface area contributed by atoms with E-state index in [-0.39, 0.29) is 5.56 Å². The Morgan fingerprint density at radius 3 is 2.57 bits per heavy atom. The zero-order chi connectivity index (χ0) is 10.3. The average Bonchev–Trinajstić information content (AvgIpc) is 2.55. The second-order valence-electron chi connectivity index (χ2n) is 2.94. The summed E-state index contributed by atoms with van der Waals surface area (Å²) in [5.41, 5.74) is 12.1. The molecule has 0 aliphatic rings. The van der Waals surface area contributed by atoms with Crippen molar-refractivity contribution in [1.29, 1.82) is 0 Å². The quantitative estimate of drug-likeness (QED) is 0.717. The third-order valence-corrected chi connectivity index (χ3v) is 3.13. The summed E-state index contributed by atoms with van der Waals surface area (Å²) in [6, 6.07) is 3.13. The van der Waals surface area contributed by atoms with Crippen molar-refractivity contribution >= 4 is 32.8 Å². The summed E-state index contributed by atoms with van der Waals surface area (Å²) in [5, 5.41) is 1.92. The van der Waals surface area contributed by atoms with Gasteiger partial charge in [-0.25, -0.2) is 8.78 Å². The highest BCUT2D eigenvalue weighted by atomic mass is 32.1. The Labute approximate surface area is 83.1 Å². The zero-order valence-corrected chi connectivity index (χ0v) is 7.94. The normalized spacial score (nSPS) is 11.4. The summed E-state index contributed by atoms with van der Waals surface area (Å²) in [6.45, 7) is 0. The lowest BCUT2D eigenvalue weighted by atomic mass is 10.1. The van der Waals surface area contributed by atoms with Crippen molar-refractivity contribution in [1.82, 2.24) is 0 Å². The van der Waals surface area contributed by atoms with Crippen LogP contribution in [0.15, 0.2) is 17.5 Å². The molecule has 0 unspecified atom stereocenters. The molecule has 74 valence electrons. The molecule has 1 aromatic heterocycles. The van der Waals surface area contributed by atoms with Crippen LogP contribution >= 0.6 is 11.3 Å². The van der Waals surface area contributed by atoms with Crippen molar-refractivity contribution in [3.63, 3.8) is 0 Å². The first kappa shape index (κ1) is 9.21. The number of nitrogen functional groups attached to an aromatic ring is 2. The molecule has 0 spiro atoms. The number of alkyl halides is 2. The van der Waals surface area contributed by atoms with E-state index in [1.807, 2.05) is 0 Å². The van der Waals surface area contributed by atoms with Crippen LogP contribution in [0.1, 0.15) is 12.0 Å². The van der Waals surface area contributed by atoms with Crippen molar-refractivity contribution in [2.45, 2.75) is 6.43 Å². The Kier molecular flexibility index (Phi) is 2.03. The average molecular weight is 214 g/mol. The number of hydrogen-bond acceptors (Lipinski definition) is 3. The first-order valence-electron chi connectivity index (χ1n) is 3.94. The van der Waals surface area contributed by atoms with Crippen LogP contribution in [-0.2, 0) is 0 Å². The van der Waals surface area contributed by atoms with Gasteiger partial charge in [0.2, 0.25) is 0 Å². The Hall–Kier alpha value is -1.36. The zero-order valence-electron chi connectivity index (χ0n) is 7.13. The third kappa shape index (κ3) is 1.21. The minimum atomic E-state index is -2.47. The third-order valence-electron chi connectivity index (χ3n) is 2.08. The number of hydrogen-bond donors (Lipinski definition) is 2. The van der Waals surface area contributed by atoms with Crippen molar-refractivity contribution in [2.75, 3.05) is 11.5 Å². The number of thiophene rings is 1. The molecule has 1 aromatic carbocycles. The summed E-state index contributed by atoms with van der Waals surface area (Å²) < 4.78 is 25.6. The van der Waals surface area contributed by atoms with E-state index in [4.69, 9.17) is 11.5 Å². The van der Waals surface area contributed by atoms with E-state index in [2.05, 4.69) is 0 Å². The largest absolute Gasteiger partial charge is 0.397 e. The number of nitrogens with two attached hydrogens (primary N) is 2. The lowest BCUT2D eigenvalue weighted by Crippen LogP contribution is -1.94. The summed E-state index contributed by atoms with van der Waals surface area (Å²) in [7, 11) is 0. The van der Waals surface area contributed by atoms with E-state index in [0.717, 1.165) is 0 Å². The minimum absolute atomic E-state index is 0.0247. The molecule has 0 aliphatic carbocycles. The van der Waals surface area contributed by atoms with Crippen molar-refractivity contribution in [3.8, 4) is 0 Å². The van der Waals surface area contributed by atoms with Crippen molar-refractivity contribution < 1.29 is 8.78 Å².